The Kier molecular flexibility index (Phi) is 3.07. The Morgan fingerprint density at radius 1 is 1.27 bits per heavy atom. The van der Waals surface area contributed by atoms with Gasteiger partial charge in [0, 0.05) is 0 Å². The van der Waals surface area contributed by atoms with Crippen molar-refractivity contribution in [3.63, 3.8) is 0 Å². The van der Waals surface area contributed by atoms with Gasteiger partial charge in [-0.2, -0.15) is 0 Å². The molecule has 82 valence electrons. The minimum atomic E-state index is -2.98. The predicted molar refractivity (Wildman–Crippen MR) is 58.0 cm³/mol. The van der Waals surface area contributed by atoms with E-state index in [0.717, 1.165) is 12.0 Å². The van der Waals surface area contributed by atoms with Crippen LogP contribution in [0, 0.1) is 0 Å². The van der Waals surface area contributed by atoms with Crippen LogP contribution in [0.3, 0.4) is 0 Å². The Balaban J connectivity index is 1.94. The van der Waals surface area contributed by atoms with E-state index < -0.39 is 15.3 Å². The molecule has 1 saturated heterocycles. The molecule has 1 aromatic rings. The van der Waals surface area contributed by atoms with E-state index in [1.807, 2.05) is 30.3 Å². The lowest BCUT2D eigenvalue weighted by atomic mass is 10.2. The zero-order valence-electron chi connectivity index (χ0n) is 8.43. The summed E-state index contributed by atoms with van der Waals surface area (Å²) >= 11 is 0. The van der Waals surface area contributed by atoms with Gasteiger partial charge >= 0.3 is 0 Å². The van der Waals surface area contributed by atoms with Crippen molar-refractivity contribution in [1.29, 1.82) is 0 Å². The number of hydrogen-bond donors (Lipinski definition) is 0. The molecule has 0 aliphatic carbocycles. The van der Waals surface area contributed by atoms with Crippen molar-refractivity contribution in [3.8, 4) is 0 Å². The van der Waals surface area contributed by atoms with Gasteiger partial charge in [0.25, 0.3) is 0 Å². The van der Waals surface area contributed by atoms with Crippen molar-refractivity contribution in [2.75, 3.05) is 5.75 Å². The fraction of sp³-hybridized carbons (Fsp3) is 0.455. The third-order valence-electron chi connectivity index (χ3n) is 2.55. The molecule has 1 atom stereocenters. The first-order chi connectivity index (χ1) is 7.18. The Hall–Kier alpha value is -0.870. The predicted octanol–water partition coefficient (Wildman–Crippen LogP) is 1.74. The van der Waals surface area contributed by atoms with Gasteiger partial charge in [-0.3, -0.25) is 0 Å². The summed E-state index contributed by atoms with van der Waals surface area (Å²) in [7, 11) is -2.98. The topological polar surface area (TPSA) is 43.4 Å². The molecule has 0 amide bonds. The van der Waals surface area contributed by atoms with E-state index in [1.54, 1.807) is 0 Å². The maximum atomic E-state index is 11.5. The van der Waals surface area contributed by atoms with Crippen molar-refractivity contribution in [2.45, 2.75) is 24.9 Å². The van der Waals surface area contributed by atoms with Crippen molar-refractivity contribution in [3.05, 3.63) is 35.9 Å². The summed E-state index contributed by atoms with van der Waals surface area (Å²) in [6, 6.07) is 9.63. The molecule has 4 heteroatoms. The molecule has 0 N–H and O–H groups in total. The van der Waals surface area contributed by atoms with Crippen LogP contribution >= 0.6 is 0 Å². The third kappa shape index (κ3) is 2.58. The van der Waals surface area contributed by atoms with Crippen LogP contribution < -0.4 is 0 Å². The molecular weight excluding hydrogens is 212 g/mol. The molecular formula is C11H14O3S. The zero-order chi connectivity index (χ0) is 10.7. The average Bonchev–Trinajstić information content (AvgIpc) is 2.56. The molecule has 0 spiro atoms. The monoisotopic (exact) mass is 226 g/mol. The van der Waals surface area contributed by atoms with Gasteiger partial charge in [0.2, 0.25) is 0 Å². The van der Waals surface area contributed by atoms with E-state index in [1.165, 1.54) is 0 Å². The molecule has 0 aromatic heterocycles. The van der Waals surface area contributed by atoms with E-state index in [-0.39, 0.29) is 5.75 Å². The SMILES string of the molecule is O=S1(=O)CCCC1OCc1ccccc1. The highest BCUT2D eigenvalue weighted by atomic mass is 32.2. The summed E-state index contributed by atoms with van der Waals surface area (Å²) in [6.07, 6.45) is 1.36. The Bertz CT molecular complexity index is 411. The average molecular weight is 226 g/mol. The first-order valence-electron chi connectivity index (χ1n) is 5.05. The maximum absolute atomic E-state index is 11.5. The van der Waals surface area contributed by atoms with Crippen LogP contribution in [0.15, 0.2) is 30.3 Å². The summed E-state index contributed by atoms with van der Waals surface area (Å²) in [5, 5.41) is 0. The van der Waals surface area contributed by atoms with Gasteiger partial charge < -0.3 is 4.74 Å². The minimum absolute atomic E-state index is 0.270. The number of sulfone groups is 1. The van der Waals surface area contributed by atoms with Crippen LogP contribution in [0.5, 0.6) is 0 Å². The molecule has 15 heavy (non-hydrogen) atoms. The largest absolute Gasteiger partial charge is 0.358 e. The van der Waals surface area contributed by atoms with E-state index in [4.69, 9.17) is 4.74 Å². The normalized spacial score (nSPS) is 24.1. The first-order valence-corrected chi connectivity index (χ1v) is 6.77. The molecule has 2 rings (SSSR count). The molecule has 0 saturated carbocycles. The molecule has 1 fully saturated rings. The Labute approximate surface area is 90.0 Å². The highest BCUT2D eigenvalue weighted by molar-refractivity contribution is 7.92. The van der Waals surface area contributed by atoms with Gasteiger partial charge in [-0.05, 0) is 18.4 Å². The summed E-state index contributed by atoms with van der Waals surface area (Å²) in [4.78, 5) is 0. The lowest BCUT2D eigenvalue weighted by Crippen LogP contribution is -2.19. The van der Waals surface area contributed by atoms with Crippen molar-refractivity contribution in [2.24, 2.45) is 0 Å². The Morgan fingerprint density at radius 2 is 2.00 bits per heavy atom. The fourth-order valence-corrected chi connectivity index (χ4v) is 3.35. The second-order valence-corrected chi connectivity index (χ2v) is 6.00. The zero-order valence-corrected chi connectivity index (χ0v) is 9.24. The van der Waals surface area contributed by atoms with E-state index in [9.17, 15) is 8.42 Å². The first kappa shape index (κ1) is 10.6. The van der Waals surface area contributed by atoms with Gasteiger partial charge in [0.1, 0.15) is 0 Å². The molecule has 1 aromatic carbocycles. The van der Waals surface area contributed by atoms with E-state index in [0.29, 0.717) is 13.0 Å². The van der Waals surface area contributed by atoms with Crippen molar-refractivity contribution < 1.29 is 13.2 Å². The molecule has 1 unspecified atom stereocenters. The number of ether oxygens (including phenoxy) is 1. The number of benzene rings is 1. The molecule has 1 aliphatic rings. The molecule has 3 nitrogen and oxygen atoms in total. The van der Waals surface area contributed by atoms with Gasteiger partial charge in [-0.1, -0.05) is 30.3 Å². The van der Waals surface area contributed by atoms with Crippen molar-refractivity contribution >= 4 is 9.84 Å². The highest BCUT2D eigenvalue weighted by Crippen LogP contribution is 2.22. The molecule has 1 aliphatic heterocycles. The van der Waals surface area contributed by atoms with E-state index >= 15 is 0 Å². The summed E-state index contributed by atoms with van der Waals surface area (Å²) in [5.41, 5.74) is 0.428. The van der Waals surface area contributed by atoms with Crippen LogP contribution in [0.1, 0.15) is 18.4 Å². The fourth-order valence-electron chi connectivity index (χ4n) is 1.71. The molecule has 0 bridgehead atoms. The van der Waals surface area contributed by atoms with Crippen LogP contribution in [0.2, 0.25) is 0 Å². The third-order valence-corrected chi connectivity index (χ3v) is 4.58. The van der Waals surface area contributed by atoms with Crippen LogP contribution in [0.25, 0.3) is 0 Å². The van der Waals surface area contributed by atoms with Crippen LogP contribution in [-0.2, 0) is 21.2 Å². The maximum Gasteiger partial charge on any atom is 0.177 e. The highest BCUT2D eigenvalue weighted by Gasteiger charge is 2.31. The standard InChI is InChI=1S/C11H14O3S/c12-15(13)8-4-7-11(15)14-9-10-5-2-1-3-6-10/h1-3,5-6,11H,4,7-9H2. The Morgan fingerprint density at radius 3 is 2.60 bits per heavy atom. The summed E-state index contributed by atoms with van der Waals surface area (Å²) in [6.45, 7) is 0.380. The smallest absolute Gasteiger partial charge is 0.177 e. The van der Waals surface area contributed by atoms with Gasteiger partial charge in [-0.15, -0.1) is 0 Å². The van der Waals surface area contributed by atoms with Crippen LogP contribution in [-0.4, -0.2) is 19.6 Å². The number of hydrogen-bond acceptors (Lipinski definition) is 3. The second kappa shape index (κ2) is 4.33. The minimum Gasteiger partial charge on any atom is -0.358 e. The summed E-state index contributed by atoms with van der Waals surface area (Å²) in [5.74, 6) is 0.270. The lowest BCUT2D eigenvalue weighted by Gasteiger charge is -2.10. The lowest BCUT2D eigenvalue weighted by molar-refractivity contribution is 0.0919. The molecule has 0 radical (unpaired) electrons. The summed E-state index contributed by atoms with van der Waals surface area (Å²) < 4.78 is 28.3. The van der Waals surface area contributed by atoms with Gasteiger partial charge in [-0.25, -0.2) is 8.42 Å². The number of rotatable bonds is 3. The van der Waals surface area contributed by atoms with Gasteiger partial charge in [0.15, 0.2) is 15.3 Å². The van der Waals surface area contributed by atoms with E-state index in [2.05, 4.69) is 0 Å². The molecule has 1 heterocycles. The van der Waals surface area contributed by atoms with Crippen molar-refractivity contribution in [1.82, 2.24) is 0 Å². The second-order valence-electron chi connectivity index (χ2n) is 3.74. The van der Waals surface area contributed by atoms with Gasteiger partial charge in [0.05, 0.1) is 12.4 Å². The quantitative estimate of drug-likeness (QED) is 0.788. The van der Waals surface area contributed by atoms with Crippen LogP contribution in [0.4, 0.5) is 0 Å².